The Bertz CT molecular complexity index is 997. The van der Waals surface area contributed by atoms with Crippen LogP contribution in [-0.2, 0) is 11.3 Å². The number of hydrogen-bond donors (Lipinski definition) is 1. The molecule has 0 saturated carbocycles. The molecular formula is C23H28N4O2. The van der Waals surface area contributed by atoms with Gasteiger partial charge in [0.1, 0.15) is 5.75 Å². The van der Waals surface area contributed by atoms with Gasteiger partial charge in [-0.3, -0.25) is 9.48 Å². The molecule has 1 N–H and O–H groups in total. The van der Waals surface area contributed by atoms with Crippen molar-refractivity contribution in [2.45, 2.75) is 32.9 Å². The summed E-state index contributed by atoms with van der Waals surface area (Å²) in [7, 11) is 2.05. The van der Waals surface area contributed by atoms with E-state index in [-0.39, 0.29) is 17.9 Å². The predicted octanol–water partition coefficient (Wildman–Crippen LogP) is 3.76. The van der Waals surface area contributed by atoms with Crippen LogP contribution in [0.3, 0.4) is 0 Å². The zero-order chi connectivity index (χ0) is 20.4. The number of fused-ring (bicyclic) bond motifs is 1. The standard InChI is InChI=1S/C23H28N4O2/c1-16(2)29-20-11-7-10-19-21(20)22(24-23(28)18-12-13-26(3)15-18)25-27(19)14-17-8-5-4-6-9-17/h4-11,16,18H,12-15H2,1-3H3,(H,24,25,28). The van der Waals surface area contributed by atoms with Crippen molar-refractivity contribution in [2.24, 2.45) is 5.92 Å². The fourth-order valence-electron chi connectivity index (χ4n) is 3.88. The van der Waals surface area contributed by atoms with Crippen molar-refractivity contribution in [2.75, 3.05) is 25.5 Å². The van der Waals surface area contributed by atoms with Gasteiger partial charge >= 0.3 is 0 Å². The van der Waals surface area contributed by atoms with Crippen LogP contribution >= 0.6 is 0 Å². The molecule has 1 atom stereocenters. The van der Waals surface area contributed by atoms with Gasteiger partial charge in [-0.25, -0.2) is 0 Å². The predicted molar refractivity (Wildman–Crippen MR) is 115 cm³/mol. The average molecular weight is 393 g/mol. The van der Waals surface area contributed by atoms with Crippen molar-refractivity contribution in [1.82, 2.24) is 14.7 Å². The Morgan fingerprint density at radius 1 is 1.21 bits per heavy atom. The number of carbonyl (C=O) groups excluding carboxylic acids is 1. The molecule has 0 aliphatic carbocycles. The van der Waals surface area contributed by atoms with E-state index in [1.807, 2.05) is 62.0 Å². The maximum absolute atomic E-state index is 12.9. The first-order valence-corrected chi connectivity index (χ1v) is 10.2. The number of likely N-dealkylation sites (tertiary alicyclic amines) is 1. The molecule has 2 heterocycles. The van der Waals surface area contributed by atoms with Crippen LogP contribution in [0, 0.1) is 5.92 Å². The Morgan fingerprint density at radius 3 is 2.69 bits per heavy atom. The summed E-state index contributed by atoms with van der Waals surface area (Å²) in [5, 5.41) is 8.72. The summed E-state index contributed by atoms with van der Waals surface area (Å²) in [6.07, 6.45) is 0.908. The molecule has 6 heteroatoms. The van der Waals surface area contributed by atoms with E-state index in [0.717, 1.165) is 41.7 Å². The molecule has 0 spiro atoms. The molecule has 29 heavy (non-hydrogen) atoms. The maximum atomic E-state index is 12.9. The van der Waals surface area contributed by atoms with Crippen LogP contribution in [0.1, 0.15) is 25.8 Å². The summed E-state index contributed by atoms with van der Waals surface area (Å²) in [5.74, 6) is 1.34. The van der Waals surface area contributed by atoms with E-state index in [2.05, 4.69) is 22.3 Å². The minimum atomic E-state index is -0.00694. The number of nitrogens with one attached hydrogen (secondary N) is 1. The van der Waals surface area contributed by atoms with Crippen LogP contribution in [0.25, 0.3) is 10.9 Å². The number of anilines is 1. The highest BCUT2D eigenvalue weighted by Gasteiger charge is 2.28. The van der Waals surface area contributed by atoms with Crippen LogP contribution in [-0.4, -0.2) is 46.8 Å². The molecule has 1 fully saturated rings. The van der Waals surface area contributed by atoms with Gasteiger partial charge in [0.15, 0.2) is 5.82 Å². The van der Waals surface area contributed by atoms with E-state index in [1.165, 1.54) is 0 Å². The lowest BCUT2D eigenvalue weighted by molar-refractivity contribution is -0.119. The van der Waals surface area contributed by atoms with E-state index < -0.39 is 0 Å². The molecule has 1 unspecified atom stereocenters. The second-order valence-corrected chi connectivity index (χ2v) is 8.05. The molecular weight excluding hydrogens is 364 g/mol. The molecule has 1 aliphatic heterocycles. The first kappa shape index (κ1) is 19.5. The summed E-state index contributed by atoms with van der Waals surface area (Å²) in [4.78, 5) is 15.1. The zero-order valence-corrected chi connectivity index (χ0v) is 17.3. The zero-order valence-electron chi connectivity index (χ0n) is 17.3. The molecule has 152 valence electrons. The number of rotatable bonds is 6. The first-order valence-electron chi connectivity index (χ1n) is 10.2. The molecule has 0 bridgehead atoms. The van der Waals surface area contributed by atoms with Gasteiger partial charge in [0.25, 0.3) is 0 Å². The van der Waals surface area contributed by atoms with Crippen LogP contribution in [0.15, 0.2) is 48.5 Å². The van der Waals surface area contributed by atoms with Crippen LogP contribution in [0.5, 0.6) is 5.75 Å². The normalized spacial score (nSPS) is 17.2. The van der Waals surface area contributed by atoms with E-state index in [9.17, 15) is 4.79 Å². The SMILES string of the molecule is CC(C)Oc1cccc2c1c(NC(=O)C1CCN(C)C1)nn2Cc1ccccc1. The summed E-state index contributed by atoms with van der Waals surface area (Å²) < 4.78 is 7.98. The summed E-state index contributed by atoms with van der Waals surface area (Å²) in [5.41, 5.74) is 2.10. The monoisotopic (exact) mass is 392 g/mol. The van der Waals surface area contributed by atoms with Crippen molar-refractivity contribution >= 4 is 22.6 Å². The van der Waals surface area contributed by atoms with Crippen molar-refractivity contribution in [3.8, 4) is 5.75 Å². The summed E-state index contributed by atoms with van der Waals surface area (Å²) in [6, 6.07) is 16.1. The number of hydrogen-bond acceptors (Lipinski definition) is 4. The van der Waals surface area contributed by atoms with E-state index in [0.29, 0.717) is 12.4 Å². The number of nitrogens with zero attached hydrogens (tertiary/aromatic N) is 3. The largest absolute Gasteiger partial charge is 0.490 e. The lowest BCUT2D eigenvalue weighted by Crippen LogP contribution is -2.25. The molecule has 0 radical (unpaired) electrons. The third-order valence-electron chi connectivity index (χ3n) is 5.28. The molecule has 6 nitrogen and oxygen atoms in total. The van der Waals surface area contributed by atoms with E-state index >= 15 is 0 Å². The van der Waals surface area contributed by atoms with Gasteiger partial charge in [-0.1, -0.05) is 36.4 Å². The Balaban J connectivity index is 1.72. The number of amides is 1. The Labute approximate surface area is 171 Å². The minimum absolute atomic E-state index is 0.00694. The number of ether oxygens (including phenoxy) is 1. The number of carbonyl (C=O) groups is 1. The lowest BCUT2D eigenvalue weighted by atomic mass is 10.1. The van der Waals surface area contributed by atoms with E-state index in [1.54, 1.807) is 0 Å². The molecule has 1 aromatic heterocycles. The highest BCUT2D eigenvalue weighted by Crippen LogP contribution is 2.34. The first-order chi connectivity index (χ1) is 14.0. The smallest absolute Gasteiger partial charge is 0.230 e. The van der Waals surface area contributed by atoms with Crippen molar-refractivity contribution < 1.29 is 9.53 Å². The number of aromatic nitrogens is 2. The van der Waals surface area contributed by atoms with Crippen LogP contribution in [0.4, 0.5) is 5.82 Å². The highest BCUT2D eigenvalue weighted by molar-refractivity contribution is 6.03. The minimum Gasteiger partial charge on any atom is -0.490 e. The molecule has 1 amide bonds. The van der Waals surface area contributed by atoms with Gasteiger partial charge in [-0.2, -0.15) is 5.10 Å². The molecule has 1 saturated heterocycles. The Kier molecular flexibility index (Phi) is 5.53. The average Bonchev–Trinajstić information content (AvgIpc) is 3.27. The molecule has 3 aromatic rings. The lowest BCUT2D eigenvalue weighted by Gasteiger charge is -2.13. The molecule has 2 aromatic carbocycles. The third kappa shape index (κ3) is 4.27. The van der Waals surface area contributed by atoms with Gasteiger partial charge in [-0.15, -0.1) is 0 Å². The fourth-order valence-corrected chi connectivity index (χ4v) is 3.88. The Morgan fingerprint density at radius 2 is 2.00 bits per heavy atom. The second kappa shape index (κ2) is 8.25. The van der Waals surface area contributed by atoms with Gasteiger partial charge < -0.3 is 15.0 Å². The van der Waals surface area contributed by atoms with Crippen LogP contribution < -0.4 is 10.1 Å². The van der Waals surface area contributed by atoms with Crippen LogP contribution in [0.2, 0.25) is 0 Å². The quantitative estimate of drug-likeness (QED) is 0.694. The molecule has 4 rings (SSSR count). The van der Waals surface area contributed by atoms with Gasteiger partial charge in [0.05, 0.1) is 29.5 Å². The summed E-state index contributed by atoms with van der Waals surface area (Å²) >= 11 is 0. The van der Waals surface area contributed by atoms with Gasteiger partial charge in [0, 0.05) is 6.54 Å². The van der Waals surface area contributed by atoms with Crippen molar-refractivity contribution in [3.63, 3.8) is 0 Å². The third-order valence-corrected chi connectivity index (χ3v) is 5.28. The Hall–Kier alpha value is -2.86. The van der Waals surface area contributed by atoms with Crippen molar-refractivity contribution in [1.29, 1.82) is 0 Å². The van der Waals surface area contributed by atoms with Crippen molar-refractivity contribution in [3.05, 3.63) is 54.1 Å². The highest BCUT2D eigenvalue weighted by atomic mass is 16.5. The molecule has 1 aliphatic rings. The fraction of sp³-hybridized carbons (Fsp3) is 0.391. The van der Waals surface area contributed by atoms with Gasteiger partial charge in [-0.05, 0) is 51.6 Å². The van der Waals surface area contributed by atoms with E-state index in [4.69, 9.17) is 9.84 Å². The number of benzene rings is 2. The van der Waals surface area contributed by atoms with Gasteiger partial charge in [0.2, 0.25) is 5.91 Å². The topological polar surface area (TPSA) is 59.4 Å². The second-order valence-electron chi connectivity index (χ2n) is 8.05. The summed E-state index contributed by atoms with van der Waals surface area (Å²) in [6.45, 7) is 6.36. The maximum Gasteiger partial charge on any atom is 0.230 e.